The first-order valence-electron chi connectivity index (χ1n) is 11.4. The van der Waals surface area contributed by atoms with Gasteiger partial charge < -0.3 is 10.2 Å². The zero-order valence-electron chi connectivity index (χ0n) is 20.2. The zero-order chi connectivity index (χ0) is 24.8. The molecule has 4 aromatic rings. The Balaban J connectivity index is 0.000000751. The molecule has 0 heterocycles. The fourth-order valence-electron chi connectivity index (χ4n) is 4.61. The lowest BCUT2D eigenvalue weighted by Crippen LogP contribution is -2.29. The average Bonchev–Trinajstić information content (AvgIpc) is 2.85. The summed E-state index contributed by atoms with van der Waals surface area (Å²) in [6.07, 6.45) is -1.83. The molecular weight excluding hydrogens is 420 g/mol. The van der Waals surface area contributed by atoms with E-state index in [1.54, 1.807) is 0 Å². The predicted octanol–water partition coefficient (Wildman–Crippen LogP) is 8.23. The van der Waals surface area contributed by atoms with Gasteiger partial charge in [-0.1, -0.05) is 137 Å². The maximum atomic E-state index is 8.56. The summed E-state index contributed by atoms with van der Waals surface area (Å²) >= 11 is 0. The van der Waals surface area contributed by atoms with Crippen molar-refractivity contribution in [2.24, 2.45) is 0 Å². The maximum absolute atomic E-state index is 8.56. The van der Waals surface area contributed by atoms with Crippen molar-refractivity contribution in [2.75, 3.05) is 0 Å². The number of hydrogen-bond acceptors (Lipinski definition) is 1. The van der Waals surface area contributed by atoms with Crippen molar-refractivity contribution < 1.29 is 15.0 Å². The van der Waals surface area contributed by atoms with Gasteiger partial charge in [0.1, 0.15) is 0 Å². The van der Waals surface area contributed by atoms with Crippen LogP contribution in [0.5, 0.6) is 0 Å². The van der Waals surface area contributed by atoms with Gasteiger partial charge in [-0.25, -0.2) is 4.79 Å². The summed E-state index contributed by atoms with van der Waals surface area (Å²) in [6, 6.07) is 39.3. The Morgan fingerprint density at radius 3 is 1.44 bits per heavy atom. The summed E-state index contributed by atoms with van der Waals surface area (Å²) in [6.45, 7) is 9.40. The highest BCUT2D eigenvalue weighted by Gasteiger charge is 2.35. The molecule has 3 nitrogen and oxygen atoms in total. The average molecular weight is 453 g/mol. The Morgan fingerprint density at radius 2 is 0.971 bits per heavy atom. The molecule has 34 heavy (non-hydrogen) atoms. The molecule has 0 aliphatic heterocycles. The molecule has 0 spiro atoms. The molecule has 4 rings (SSSR count). The number of carboxylic acid groups (broad SMARTS) is 2. The summed E-state index contributed by atoms with van der Waals surface area (Å²) in [5.74, 6) is 0. The van der Waals surface area contributed by atoms with Crippen LogP contribution in [0, 0.1) is 0 Å². The van der Waals surface area contributed by atoms with Gasteiger partial charge in [0.05, 0.1) is 0 Å². The van der Waals surface area contributed by atoms with Gasteiger partial charge in [0.25, 0.3) is 0 Å². The van der Waals surface area contributed by atoms with E-state index < -0.39 is 6.16 Å². The van der Waals surface area contributed by atoms with E-state index in [0.29, 0.717) is 0 Å². The fraction of sp³-hybridized carbons (Fsp3) is 0.194. The van der Waals surface area contributed by atoms with E-state index in [4.69, 9.17) is 15.0 Å². The van der Waals surface area contributed by atoms with Gasteiger partial charge in [-0.3, -0.25) is 0 Å². The van der Waals surface area contributed by atoms with Gasteiger partial charge >= 0.3 is 6.16 Å². The number of rotatable bonds is 5. The highest BCUT2D eigenvalue weighted by Crippen LogP contribution is 2.45. The molecular formula is C31H32O3. The van der Waals surface area contributed by atoms with E-state index in [9.17, 15) is 0 Å². The van der Waals surface area contributed by atoms with Crippen LogP contribution < -0.4 is 0 Å². The Morgan fingerprint density at radius 1 is 0.559 bits per heavy atom. The van der Waals surface area contributed by atoms with E-state index in [1.807, 2.05) is 0 Å². The van der Waals surface area contributed by atoms with Crippen molar-refractivity contribution >= 4 is 6.16 Å². The van der Waals surface area contributed by atoms with Crippen LogP contribution in [0.15, 0.2) is 109 Å². The second-order valence-corrected chi connectivity index (χ2v) is 9.36. The lowest BCUT2D eigenvalue weighted by Gasteiger charge is -2.37. The zero-order valence-corrected chi connectivity index (χ0v) is 20.2. The van der Waals surface area contributed by atoms with Crippen LogP contribution in [0.1, 0.15) is 49.9 Å². The van der Waals surface area contributed by atoms with Crippen molar-refractivity contribution in [3.8, 4) is 11.1 Å². The van der Waals surface area contributed by atoms with Gasteiger partial charge in [-0.2, -0.15) is 0 Å². The van der Waals surface area contributed by atoms with Crippen LogP contribution in [0.4, 0.5) is 4.79 Å². The Bertz CT molecular complexity index is 1210. The second-order valence-electron chi connectivity index (χ2n) is 9.36. The summed E-state index contributed by atoms with van der Waals surface area (Å²) < 4.78 is 0. The standard InChI is InChI=1S/C30H30.CH2O3/c1-29(2,24-17-10-6-11-18-24)27-22-14-21-26(23-15-8-5-9-16-23)28(27)30(3,4)25-19-12-7-13-20-25;2-1(3)4/h5-22H,1-4H3;(H2,2,3,4). The van der Waals surface area contributed by atoms with Gasteiger partial charge in [-0.15, -0.1) is 0 Å². The minimum Gasteiger partial charge on any atom is -0.450 e. The first kappa shape index (κ1) is 24.8. The predicted molar refractivity (Wildman–Crippen MR) is 140 cm³/mol. The third kappa shape index (κ3) is 5.37. The van der Waals surface area contributed by atoms with Crippen molar-refractivity contribution in [1.29, 1.82) is 0 Å². The van der Waals surface area contributed by atoms with Crippen LogP contribution in [-0.2, 0) is 10.8 Å². The first-order chi connectivity index (χ1) is 16.2. The molecule has 0 fully saturated rings. The molecule has 0 saturated heterocycles. The van der Waals surface area contributed by atoms with Gasteiger partial charge in [0, 0.05) is 10.8 Å². The van der Waals surface area contributed by atoms with E-state index in [0.717, 1.165) is 0 Å². The molecule has 4 aromatic carbocycles. The molecule has 174 valence electrons. The molecule has 0 aromatic heterocycles. The summed E-state index contributed by atoms with van der Waals surface area (Å²) in [5, 5.41) is 13.9. The van der Waals surface area contributed by atoms with E-state index in [-0.39, 0.29) is 10.8 Å². The molecule has 0 unspecified atom stereocenters. The van der Waals surface area contributed by atoms with Crippen LogP contribution in [0.3, 0.4) is 0 Å². The normalized spacial score (nSPS) is 11.3. The summed E-state index contributed by atoms with van der Waals surface area (Å²) in [4.78, 5) is 8.56. The molecule has 0 bridgehead atoms. The highest BCUT2D eigenvalue weighted by atomic mass is 16.6. The monoisotopic (exact) mass is 452 g/mol. The maximum Gasteiger partial charge on any atom is 0.503 e. The fourth-order valence-corrected chi connectivity index (χ4v) is 4.61. The van der Waals surface area contributed by atoms with E-state index in [2.05, 4.69) is 137 Å². The third-order valence-electron chi connectivity index (χ3n) is 6.44. The number of hydrogen-bond donors (Lipinski definition) is 2. The van der Waals surface area contributed by atoms with Crippen molar-refractivity contribution in [3.63, 3.8) is 0 Å². The molecule has 2 N–H and O–H groups in total. The summed E-state index contributed by atoms with van der Waals surface area (Å²) in [5.41, 5.74) is 7.76. The van der Waals surface area contributed by atoms with Crippen molar-refractivity contribution in [3.05, 3.63) is 131 Å². The minimum absolute atomic E-state index is 0.118. The summed E-state index contributed by atoms with van der Waals surface area (Å²) in [7, 11) is 0. The molecule has 3 heteroatoms. The molecule has 0 radical (unpaired) electrons. The number of benzene rings is 4. The second kappa shape index (κ2) is 10.4. The molecule has 0 aliphatic carbocycles. The van der Waals surface area contributed by atoms with Gasteiger partial charge in [-0.05, 0) is 33.4 Å². The lowest BCUT2D eigenvalue weighted by atomic mass is 9.66. The van der Waals surface area contributed by atoms with Crippen molar-refractivity contribution in [2.45, 2.75) is 38.5 Å². The van der Waals surface area contributed by atoms with Crippen LogP contribution in [0.25, 0.3) is 11.1 Å². The topological polar surface area (TPSA) is 57.5 Å². The van der Waals surface area contributed by atoms with E-state index in [1.165, 1.54) is 33.4 Å². The number of carbonyl (C=O) groups is 1. The Labute approximate surface area is 202 Å². The van der Waals surface area contributed by atoms with Crippen LogP contribution in [0.2, 0.25) is 0 Å². The molecule has 0 atom stereocenters. The third-order valence-corrected chi connectivity index (χ3v) is 6.44. The smallest absolute Gasteiger partial charge is 0.450 e. The minimum atomic E-state index is -1.83. The molecule has 0 amide bonds. The highest BCUT2D eigenvalue weighted by molar-refractivity contribution is 5.73. The largest absolute Gasteiger partial charge is 0.503 e. The van der Waals surface area contributed by atoms with Gasteiger partial charge in [0.15, 0.2) is 0 Å². The SMILES string of the molecule is CC(C)(c1ccccc1)c1cccc(-c2ccccc2)c1C(C)(C)c1ccccc1.O=C(O)O. The van der Waals surface area contributed by atoms with Crippen molar-refractivity contribution in [1.82, 2.24) is 0 Å². The molecule has 0 saturated carbocycles. The van der Waals surface area contributed by atoms with Crippen LogP contribution in [-0.4, -0.2) is 16.4 Å². The van der Waals surface area contributed by atoms with Gasteiger partial charge in [0.2, 0.25) is 0 Å². The van der Waals surface area contributed by atoms with E-state index >= 15 is 0 Å². The quantitative estimate of drug-likeness (QED) is 0.321. The van der Waals surface area contributed by atoms with Crippen LogP contribution >= 0.6 is 0 Å². The molecule has 0 aliphatic rings. The Hall–Kier alpha value is -3.85. The Kier molecular flexibility index (Phi) is 7.57. The first-order valence-corrected chi connectivity index (χ1v) is 11.4. The lowest BCUT2D eigenvalue weighted by molar-refractivity contribution is 0.137.